The topological polar surface area (TPSA) is 132 Å². The van der Waals surface area contributed by atoms with Crippen molar-refractivity contribution in [3.63, 3.8) is 0 Å². The van der Waals surface area contributed by atoms with Crippen LogP contribution in [0.5, 0.6) is 0 Å². The van der Waals surface area contributed by atoms with Gasteiger partial charge < -0.3 is 24.9 Å². The summed E-state index contributed by atoms with van der Waals surface area (Å²) in [6, 6.07) is -1.11. The van der Waals surface area contributed by atoms with Crippen LogP contribution in [0.15, 0.2) is 0 Å². The number of hydrogen-bond donors (Lipinski definition) is 2. The Kier molecular flexibility index (Phi) is 9.40. The number of Topliss-reactive ketones (excluding diaryl/α,β-unsaturated/α-hetero) is 1. The van der Waals surface area contributed by atoms with Crippen molar-refractivity contribution in [3.8, 4) is 0 Å². The third-order valence-electron chi connectivity index (χ3n) is 2.86. The Hall–Kier alpha value is -2.45. The highest BCUT2D eigenvalue weighted by Crippen LogP contribution is 2.16. The largest absolute Gasteiger partial charge is 0.464 e. The van der Waals surface area contributed by atoms with Crippen LogP contribution in [0.3, 0.4) is 0 Å². The summed E-state index contributed by atoms with van der Waals surface area (Å²) in [6.07, 6.45) is -1.67. The molecule has 9 nitrogen and oxygen atoms in total. The highest BCUT2D eigenvalue weighted by Gasteiger charge is 2.28. The smallest absolute Gasteiger partial charge is 0.410 e. The quantitative estimate of drug-likeness (QED) is 0.363. The molecule has 0 bridgehead atoms. The van der Waals surface area contributed by atoms with E-state index in [0.717, 1.165) is 0 Å². The van der Waals surface area contributed by atoms with Gasteiger partial charge in [-0.1, -0.05) is 0 Å². The number of ether oxygens (including phenoxy) is 3. The molecule has 0 aromatic heterocycles. The Bertz CT molecular complexity index is 511. The summed E-state index contributed by atoms with van der Waals surface area (Å²) in [4.78, 5) is 46.6. The molecular formula is C16H26N2O7. The number of alkyl carbamates (subject to hydrolysis) is 1. The standard InChI is InChI=1S/C16H26N2O7/c1-6-23-13(20)12(8-7-11(19)9-17)18-15(22)25-10(2)24-14(21)16(3,4)5/h9-10,12,17H,6-8H2,1-5H3,(H,18,22). The minimum absolute atomic E-state index is 0.0433. The first kappa shape index (κ1) is 22.6. The second-order valence-electron chi connectivity index (χ2n) is 6.23. The molecule has 0 heterocycles. The summed E-state index contributed by atoms with van der Waals surface area (Å²) in [5.41, 5.74) is -0.755. The molecule has 0 saturated heterocycles. The summed E-state index contributed by atoms with van der Waals surface area (Å²) in [5, 5.41) is 9.11. The van der Waals surface area contributed by atoms with Crippen LogP contribution >= 0.6 is 0 Å². The van der Waals surface area contributed by atoms with Gasteiger partial charge in [0.05, 0.1) is 18.2 Å². The SMILES string of the molecule is CCOC(=O)C(CCC(=O)C=N)NC(=O)OC(C)OC(=O)C(C)(C)C. The fraction of sp³-hybridized carbons (Fsp3) is 0.688. The van der Waals surface area contributed by atoms with Gasteiger partial charge in [-0.25, -0.2) is 9.59 Å². The lowest BCUT2D eigenvalue weighted by molar-refractivity contribution is -0.174. The molecule has 0 rings (SSSR count). The van der Waals surface area contributed by atoms with E-state index in [1.807, 2.05) is 0 Å². The van der Waals surface area contributed by atoms with E-state index in [1.165, 1.54) is 6.92 Å². The number of nitrogens with one attached hydrogen (secondary N) is 2. The van der Waals surface area contributed by atoms with Gasteiger partial charge in [-0.15, -0.1) is 0 Å². The van der Waals surface area contributed by atoms with Crippen LogP contribution in [-0.2, 0) is 28.6 Å². The Labute approximate surface area is 146 Å². The lowest BCUT2D eigenvalue weighted by atomic mass is 9.97. The van der Waals surface area contributed by atoms with Crippen LogP contribution in [0.25, 0.3) is 0 Å². The Morgan fingerprint density at radius 2 is 1.76 bits per heavy atom. The molecule has 0 radical (unpaired) electrons. The molecule has 25 heavy (non-hydrogen) atoms. The molecule has 9 heteroatoms. The van der Waals surface area contributed by atoms with Gasteiger partial charge in [0, 0.05) is 13.3 Å². The van der Waals surface area contributed by atoms with Gasteiger partial charge in [0.15, 0.2) is 5.78 Å². The number of carbonyl (C=O) groups is 4. The van der Waals surface area contributed by atoms with Crippen molar-refractivity contribution in [3.05, 3.63) is 0 Å². The molecule has 1 amide bonds. The van der Waals surface area contributed by atoms with Gasteiger partial charge in [-0.3, -0.25) is 9.59 Å². The summed E-state index contributed by atoms with van der Waals surface area (Å²) in [5.74, 6) is -1.76. The molecule has 0 aromatic rings. The molecule has 142 valence electrons. The predicted molar refractivity (Wildman–Crippen MR) is 88.1 cm³/mol. The number of hydrogen-bond acceptors (Lipinski definition) is 8. The summed E-state index contributed by atoms with van der Waals surface area (Å²) in [6.45, 7) is 8.02. The first-order valence-corrected chi connectivity index (χ1v) is 7.89. The van der Waals surface area contributed by atoms with E-state index in [2.05, 4.69) is 5.32 Å². The highest BCUT2D eigenvalue weighted by atomic mass is 16.7. The van der Waals surface area contributed by atoms with E-state index in [1.54, 1.807) is 27.7 Å². The first-order chi connectivity index (χ1) is 11.5. The monoisotopic (exact) mass is 358 g/mol. The first-order valence-electron chi connectivity index (χ1n) is 7.89. The molecule has 2 atom stereocenters. The Balaban J connectivity index is 4.68. The van der Waals surface area contributed by atoms with Gasteiger partial charge in [-0.2, -0.15) is 0 Å². The van der Waals surface area contributed by atoms with Crippen LogP contribution in [0.4, 0.5) is 4.79 Å². The van der Waals surface area contributed by atoms with E-state index < -0.39 is 41.6 Å². The Morgan fingerprint density at radius 1 is 1.16 bits per heavy atom. The summed E-state index contributed by atoms with van der Waals surface area (Å²) >= 11 is 0. The lowest BCUT2D eigenvalue weighted by Crippen LogP contribution is -2.44. The summed E-state index contributed by atoms with van der Waals surface area (Å²) in [7, 11) is 0. The predicted octanol–water partition coefficient (Wildman–Crippen LogP) is 1.58. The van der Waals surface area contributed by atoms with E-state index in [0.29, 0.717) is 6.21 Å². The molecule has 0 saturated carbocycles. The maximum Gasteiger partial charge on any atom is 0.410 e. The van der Waals surface area contributed by atoms with Gasteiger partial charge in [-0.05, 0) is 34.1 Å². The fourth-order valence-corrected chi connectivity index (χ4v) is 1.53. The molecule has 0 aliphatic rings. The lowest BCUT2D eigenvalue weighted by Gasteiger charge is -2.22. The average molecular weight is 358 g/mol. The van der Waals surface area contributed by atoms with Crippen molar-refractivity contribution < 1.29 is 33.4 Å². The number of rotatable bonds is 9. The molecule has 0 aliphatic heterocycles. The highest BCUT2D eigenvalue weighted by molar-refractivity contribution is 6.26. The van der Waals surface area contributed by atoms with E-state index in [9.17, 15) is 19.2 Å². The van der Waals surface area contributed by atoms with E-state index in [4.69, 9.17) is 19.6 Å². The average Bonchev–Trinajstić information content (AvgIpc) is 2.49. The molecule has 0 aliphatic carbocycles. The van der Waals surface area contributed by atoms with Crippen LogP contribution in [0.1, 0.15) is 47.5 Å². The van der Waals surface area contributed by atoms with Gasteiger partial charge >= 0.3 is 18.0 Å². The second-order valence-corrected chi connectivity index (χ2v) is 6.23. The number of ketones is 1. The number of carbonyl (C=O) groups excluding carboxylic acids is 4. The molecule has 2 N–H and O–H groups in total. The third-order valence-corrected chi connectivity index (χ3v) is 2.86. The molecule has 0 spiro atoms. The second kappa shape index (κ2) is 10.4. The van der Waals surface area contributed by atoms with Crippen molar-refractivity contribution >= 4 is 30.0 Å². The minimum atomic E-state index is -1.15. The van der Waals surface area contributed by atoms with Gasteiger partial charge in [0.2, 0.25) is 6.29 Å². The summed E-state index contributed by atoms with van der Waals surface area (Å²) < 4.78 is 14.7. The number of esters is 2. The van der Waals surface area contributed by atoms with Crippen molar-refractivity contribution in [1.29, 1.82) is 5.41 Å². The van der Waals surface area contributed by atoms with Gasteiger partial charge in [0.1, 0.15) is 6.04 Å². The van der Waals surface area contributed by atoms with Crippen LogP contribution in [-0.4, -0.2) is 49.0 Å². The zero-order valence-electron chi connectivity index (χ0n) is 15.2. The minimum Gasteiger partial charge on any atom is -0.464 e. The van der Waals surface area contributed by atoms with Crippen molar-refractivity contribution in [2.75, 3.05) is 6.61 Å². The molecule has 0 fully saturated rings. The maximum atomic E-state index is 11.9. The van der Waals surface area contributed by atoms with Crippen LogP contribution in [0, 0.1) is 10.8 Å². The van der Waals surface area contributed by atoms with Crippen molar-refractivity contribution in [2.45, 2.75) is 59.8 Å². The van der Waals surface area contributed by atoms with Crippen LogP contribution in [0.2, 0.25) is 0 Å². The number of amides is 1. The van der Waals surface area contributed by atoms with Crippen molar-refractivity contribution in [2.24, 2.45) is 5.41 Å². The maximum absolute atomic E-state index is 11.9. The normalized spacial score (nSPS) is 13.2. The molecule has 2 unspecified atom stereocenters. The fourth-order valence-electron chi connectivity index (χ4n) is 1.53. The van der Waals surface area contributed by atoms with Crippen molar-refractivity contribution in [1.82, 2.24) is 5.32 Å². The van der Waals surface area contributed by atoms with E-state index in [-0.39, 0.29) is 19.4 Å². The van der Waals surface area contributed by atoms with E-state index >= 15 is 0 Å². The van der Waals surface area contributed by atoms with Crippen LogP contribution < -0.4 is 5.32 Å². The zero-order chi connectivity index (χ0) is 19.6. The molecule has 0 aromatic carbocycles. The molecular weight excluding hydrogens is 332 g/mol. The third kappa shape index (κ3) is 9.43. The van der Waals surface area contributed by atoms with Gasteiger partial charge in [0.25, 0.3) is 0 Å². The zero-order valence-corrected chi connectivity index (χ0v) is 15.2. The Morgan fingerprint density at radius 3 is 2.24 bits per heavy atom.